The molecule has 0 unspecified atom stereocenters. The highest BCUT2D eigenvalue weighted by molar-refractivity contribution is 5.66. The predicted molar refractivity (Wildman–Crippen MR) is 221 cm³/mol. The molecule has 11 heteroatoms. The van der Waals surface area contributed by atoms with Gasteiger partial charge in [-0.1, -0.05) is 141 Å². The number of rotatable bonds is 32. The predicted octanol–water partition coefficient (Wildman–Crippen LogP) is 10.7. The molecule has 0 aliphatic carbocycles. The van der Waals surface area contributed by atoms with Gasteiger partial charge in [0, 0.05) is 26.7 Å². The Balaban J connectivity index is -0.000000219. The highest BCUT2D eigenvalue weighted by Crippen LogP contribution is 2.11. The van der Waals surface area contributed by atoms with Crippen LogP contribution in [0.5, 0.6) is 0 Å². The molecule has 0 aromatic rings. The molecule has 7 N–H and O–H groups in total. The van der Waals surface area contributed by atoms with Crippen molar-refractivity contribution in [3.8, 4) is 0 Å². The van der Waals surface area contributed by atoms with Crippen molar-refractivity contribution in [1.29, 1.82) is 0 Å². The van der Waals surface area contributed by atoms with Gasteiger partial charge in [0.05, 0.1) is 13.2 Å². The van der Waals surface area contributed by atoms with E-state index >= 15 is 0 Å². The summed E-state index contributed by atoms with van der Waals surface area (Å²) in [5.41, 5.74) is 0. The Labute approximate surface area is 329 Å². The topological polar surface area (TPSA) is 210 Å². The molecule has 54 heavy (non-hydrogen) atoms. The second-order valence-electron chi connectivity index (χ2n) is 13.5. The lowest BCUT2D eigenvalue weighted by atomic mass is 10.1. The maximum Gasteiger partial charge on any atom is 0.303 e. The zero-order valence-electron chi connectivity index (χ0n) is 34.9. The van der Waals surface area contributed by atoms with Crippen molar-refractivity contribution in [1.82, 2.24) is 0 Å². The molecule has 0 fully saturated rings. The standard InChI is InChI=1S/2C18H34O2.C3H8O3.2C2H4O2/c2*1-2-3-4-5-6-7-8-9-10-11-12-13-14-15-16-17-18(19)20;4-1-3(6)2-5;2*1-2(3)4/h2*9-10H,2-8,11-17H2,1H3,(H,19,20);3-6H,1-2H2;2*1H3,(H,3,4)/b2*10-9-;;;. The summed E-state index contributed by atoms with van der Waals surface area (Å²) in [6.45, 7) is 5.96. The van der Waals surface area contributed by atoms with Gasteiger partial charge in [-0.25, -0.2) is 0 Å². The summed E-state index contributed by atoms with van der Waals surface area (Å²) in [5, 5.41) is 55.9. The molecule has 0 heterocycles. The third-order valence-electron chi connectivity index (χ3n) is 7.73. The quantitative estimate of drug-likeness (QED) is 0.0252. The average molecular weight is 777 g/mol. The van der Waals surface area contributed by atoms with Crippen LogP contribution < -0.4 is 0 Å². The van der Waals surface area contributed by atoms with Crippen LogP contribution in [0.15, 0.2) is 24.3 Å². The summed E-state index contributed by atoms with van der Waals surface area (Å²) in [4.78, 5) is 38.6. The number of unbranched alkanes of at least 4 members (excludes halogenated alkanes) is 22. The molecule has 11 nitrogen and oxygen atoms in total. The number of carboxylic acids is 4. The number of hydrogen-bond donors (Lipinski definition) is 7. The summed E-state index contributed by atoms with van der Waals surface area (Å²) in [6.07, 6.45) is 41.5. The van der Waals surface area contributed by atoms with Crippen molar-refractivity contribution < 1.29 is 54.9 Å². The van der Waals surface area contributed by atoms with Crippen LogP contribution in [0, 0.1) is 0 Å². The number of aliphatic carboxylic acids is 4. The first-order chi connectivity index (χ1) is 25.8. The Morgan fingerprint density at radius 3 is 0.796 bits per heavy atom. The lowest BCUT2D eigenvalue weighted by molar-refractivity contribution is -0.138. The van der Waals surface area contributed by atoms with Crippen molar-refractivity contribution in [2.24, 2.45) is 0 Å². The number of allylic oxidation sites excluding steroid dienone is 4. The van der Waals surface area contributed by atoms with Crippen LogP contribution >= 0.6 is 0 Å². The molecule has 0 aromatic heterocycles. The van der Waals surface area contributed by atoms with Gasteiger partial charge in [0.2, 0.25) is 0 Å². The SMILES string of the molecule is CC(=O)O.CC(=O)O.CCCCCCCC/C=C\CCCCCCCC(=O)O.CCCCCCCC/C=C\CCCCCCCC(=O)O.OCC(O)CO. The Bertz CT molecular complexity index is 754. The first kappa shape index (κ1) is 60.5. The van der Waals surface area contributed by atoms with Gasteiger partial charge in [-0.05, 0) is 64.2 Å². The third-order valence-corrected chi connectivity index (χ3v) is 7.73. The maximum atomic E-state index is 10.3. The molecule has 0 saturated carbocycles. The molecular formula is C43H84O11. The Morgan fingerprint density at radius 1 is 0.407 bits per heavy atom. The number of aliphatic hydroxyl groups is 3. The molecule has 0 aromatic carbocycles. The highest BCUT2D eigenvalue weighted by Gasteiger charge is 1.97. The monoisotopic (exact) mass is 777 g/mol. The minimum atomic E-state index is -0.954. The minimum Gasteiger partial charge on any atom is -0.481 e. The average Bonchev–Trinajstić information content (AvgIpc) is 3.11. The Hall–Kier alpha value is -2.76. The first-order valence-electron chi connectivity index (χ1n) is 20.8. The number of aliphatic hydroxyl groups excluding tert-OH is 3. The van der Waals surface area contributed by atoms with Gasteiger partial charge in [-0.3, -0.25) is 19.2 Å². The van der Waals surface area contributed by atoms with E-state index in [-0.39, 0.29) is 13.2 Å². The van der Waals surface area contributed by atoms with Crippen molar-refractivity contribution in [3.63, 3.8) is 0 Å². The van der Waals surface area contributed by atoms with Crippen LogP contribution in [0.3, 0.4) is 0 Å². The summed E-state index contributed by atoms with van der Waals surface area (Å²) < 4.78 is 0. The van der Waals surface area contributed by atoms with Crippen LogP contribution in [-0.2, 0) is 19.2 Å². The fourth-order valence-corrected chi connectivity index (χ4v) is 4.75. The molecule has 0 amide bonds. The fourth-order valence-electron chi connectivity index (χ4n) is 4.75. The summed E-state index contributed by atoms with van der Waals surface area (Å²) in [7, 11) is 0. The normalized spacial score (nSPS) is 10.4. The van der Waals surface area contributed by atoms with E-state index in [4.69, 9.17) is 45.3 Å². The van der Waals surface area contributed by atoms with E-state index in [9.17, 15) is 9.59 Å². The number of carbonyl (C=O) groups is 4. The molecular weight excluding hydrogens is 692 g/mol. The van der Waals surface area contributed by atoms with Crippen molar-refractivity contribution in [2.75, 3.05) is 13.2 Å². The molecule has 322 valence electrons. The van der Waals surface area contributed by atoms with Crippen molar-refractivity contribution in [3.05, 3.63) is 24.3 Å². The van der Waals surface area contributed by atoms with Crippen LogP contribution in [-0.4, -0.2) is 78.9 Å². The molecule has 0 bridgehead atoms. The van der Waals surface area contributed by atoms with Crippen molar-refractivity contribution >= 4 is 23.9 Å². The molecule has 0 aliphatic rings. The van der Waals surface area contributed by atoms with Gasteiger partial charge in [0.1, 0.15) is 6.10 Å². The van der Waals surface area contributed by atoms with Gasteiger partial charge >= 0.3 is 11.9 Å². The van der Waals surface area contributed by atoms with E-state index in [1.807, 2.05) is 0 Å². The summed E-state index contributed by atoms with van der Waals surface area (Å²) >= 11 is 0. The summed E-state index contributed by atoms with van der Waals surface area (Å²) in [5.74, 6) is -3.00. The van der Waals surface area contributed by atoms with E-state index < -0.39 is 30.0 Å². The summed E-state index contributed by atoms with van der Waals surface area (Å²) in [6, 6.07) is 0. The molecule has 0 atom stereocenters. The van der Waals surface area contributed by atoms with E-state index in [2.05, 4.69) is 38.2 Å². The van der Waals surface area contributed by atoms with Gasteiger partial charge in [-0.15, -0.1) is 0 Å². The number of carboxylic acid groups (broad SMARTS) is 4. The van der Waals surface area contributed by atoms with Gasteiger partial charge in [0.25, 0.3) is 11.9 Å². The van der Waals surface area contributed by atoms with Crippen LogP contribution in [0.25, 0.3) is 0 Å². The van der Waals surface area contributed by atoms with Crippen LogP contribution in [0.1, 0.15) is 207 Å². The zero-order valence-corrected chi connectivity index (χ0v) is 34.9. The lowest BCUT2D eigenvalue weighted by Gasteiger charge is -1.99. The third kappa shape index (κ3) is 92.3. The van der Waals surface area contributed by atoms with Crippen LogP contribution in [0.4, 0.5) is 0 Å². The van der Waals surface area contributed by atoms with Gasteiger partial charge in [-0.2, -0.15) is 0 Å². The van der Waals surface area contributed by atoms with Crippen molar-refractivity contribution in [2.45, 2.75) is 214 Å². The minimum absolute atomic E-state index is 0.332. The van der Waals surface area contributed by atoms with E-state index in [0.29, 0.717) is 12.8 Å². The van der Waals surface area contributed by atoms with Gasteiger partial charge < -0.3 is 35.7 Å². The fraction of sp³-hybridized carbons (Fsp3) is 0.814. The molecule has 0 radical (unpaired) electrons. The molecule has 0 saturated heterocycles. The first-order valence-corrected chi connectivity index (χ1v) is 20.8. The van der Waals surface area contributed by atoms with E-state index in [1.165, 1.54) is 141 Å². The Morgan fingerprint density at radius 2 is 0.611 bits per heavy atom. The molecule has 0 rings (SSSR count). The molecule has 0 aliphatic heterocycles. The van der Waals surface area contributed by atoms with Gasteiger partial charge in [0.15, 0.2) is 0 Å². The second kappa shape index (κ2) is 57.0. The Kier molecular flexibility index (Phi) is 63.8. The maximum absolute atomic E-state index is 10.3. The van der Waals surface area contributed by atoms with E-state index in [1.54, 1.807) is 0 Å². The molecule has 0 spiro atoms. The lowest BCUT2D eigenvalue weighted by Crippen LogP contribution is -2.15. The second-order valence-corrected chi connectivity index (χ2v) is 13.5. The largest absolute Gasteiger partial charge is 0.481 e. The highest BCUT2D eigenvalue weighted by atomic mass is 16.4. The van der Waals surface area contributed by atoms with Crippen LogP contribution in [0.2, 0.25) is 0 Å². The number of hydrogen-bond acceptors (Lipinski definition) is 7. The zero-order chi connectivity index (χ0) is 41.9. The smallest absolute Gasteiger partial charge is 0.303 e. The van der Waals surface area contributed by atoms with E-state index in [0.717, 1.165) is 39.5 Å².